The van der Waals surface area contributed by atoms with Crippen LogP contribution in [0.4, 0.5) is 8.78 Å². The van der Waals surface area contributed by atoms with Crippen molar-refractivity contribution in [3.05, 3.63) is 0 Å². The maximum absolute atomic E-state index is 15.2. The summed E-state index contributed by atoms with van der Waals surface area (Å²) in [6, 6.07) is -0.901. The summed E-state index contributed by atoms with van der Waals surface area (Å²) in [5.74, 6) is -1.64. The van der Waals surface area contributed by atoms with Crippen molar-refractivity contribution in [2.24, 2.45) is 51.1 Å². The summed E-state index contributed by atoms with van der Waals surface area (Å²) in [4.78, 5) is 38.2. The fourth-order valence-electron chi connectivity index (χ4n) is 17.7. The van der Waals surface area contributed by atoms with Crippen molar-refractivity contribution in [3.8, 4) is 0 Å². The van der Waals surface area contributed by atoms with E-state index in [2.05, 4.69) is 6.92 Å². The van der Waals surface area contributed by atoms with Crippen LogP contribution in [0.1, 0.15) is 149 Å². The number of alkyl halides is 2. The van der Waals surface area contributed by atoms with E-state index in [9.17, 15) is 44.9 Å². The van der Waals surface area contributed by atoms with Gasteiger partial charge in [-0.15, -0.1) is 0 Å². The number of hydrogen-bond acceptors (Lipinski definition) is 12. The van der Waals surface area contributed by atoms with Gasteiger partial charge in [0.25, 0.3) is 0 Å². The van der Waals surface area contributed by atoms with Gasteiger partial charge in [-0.25, -0.2) is 8.78 Å². The van der Waals surface area contributed by atoms with Crippen molar-refractivity contribution < 1.29 is 63.1 Å². The lowest BCUT2D eigenvalue weighted by molar-refractivity contribution is -0.246. The van der Waals surface area contributed by atoms with Gasteiger partial charge in [0, 0.05) is 31.2 Å². The first-order valence-corrected chi connectivity index (χ1v) is 22.9. The first kappa shape index (κ1) is 45.6. The van der Waals surface area contributed by atoms with Crippen LogP contribution < -0.4 is 5.73 Å². The van der Waals surface area contributed by atoms with E-state index in [0.717, 1.165) is 25.7 Å². The Morgan fingerprint density at radius 3 is 1.64 bits per heavy atom. The van der Waals surface area contributed by atoms with Crippen LogP contribution in [0.15, 0.2) is 0 Å². The molecule has 12 bridgehead atoms. The average molecular weight is 865 g/mol. The molecule has 344 valence electrons. The molecule has 8 N–H and O–H groups in total. The molecule has 12 saturated carbocycles. The van der Waals surface area contributed by atoms with E-state index in [1.54, 1.807) is 0 Å². The van der Waals surface area contributed by atoms with Crippen molar-refractivity contribution in [2.45, 2.75) is 195 Å². The number of hydrogen-bond donors (Lipinski definition) is 7. The Hall–Kier alpha value is -1.95. The highest BCUT2D eigenvalue weighted by Gasteiger charge is 2.70. The molecule has 14 atom stereocenters. The van der Waals surface area contributed by atoms with Crippen molar-refractivity contribution in [1.82, 2.24) is 4.90 Å². The van der Waals surface area contributed by atoms with Crippen LogP contribution in [0.2, 0.25) is 0 Å². The third kappa shape index (κ3) is 7.89. The van der Waals surface area contributed by atoms with E-state index in [0.29, 0.717) is 95.9 Å². The van der Waals surface area contributed by atoms with Crippen LogP contribution >= 0.6 is 0 Å². The summed E-state index contributed by atoms with van der Waals surface area (Å²) in [6.45, 7) is 6.21. The molecule has 0 aromatic carbocycles. The summed E-state index contributed by atoms with van der Waals surface area (Å²) in [6.07, 6.45) is 11.2. The summed E-state index contributed by atoms with van der Waals surface area (Å²) in [5.41, 5.74) is -1.49. The molecule has 1 heterocycles. The standard InChI is InChI=1S/C16H26BFN2O4.C15H23FO3.C14H22O4/c18-15-5-10-4-14(7-15,8-16(22,6-10)9-15)12(19)13(21)20-3-1-2-11(20)17(23)24;1-10(11(17)19-3)13-4-12(2)5-14(16,7-13)9-15(18,6-12)8-13;1-9(11(15)18-2)12-3-10-4-13(16,6-12)8-14(17,5-10)7-12/h10-12,22-24H,1-9,19H2;10,18H,4-9H2,1-3H3;9-10,16-17H,3-8H2,1-2H3/t10?,11-,12+,14?,15?,16?;10-,12?,13?,14?,15?;9-,10?,12?,13?,14?/m011/s1. The molecule has 0 radical (unpaired) electrons. The zero-order valence-corrected chi connectivity index (χ0v) is 36.9. The van der Waals surface area contributed by atoms with Gasteiger partial charge in [-0.3, -0.25) is 14.4 Å². The number of rotatable bonds is 7. The summed E-state index contributed by atoms with van der Waals surface area (Å²) in [5, 5.41) is 61.7. The number of carbonyl (C=O) groups is 3. The molecule has 16 heteroatoms. The predicted molar refractivity (Wildman–Crippen MR) is 218 cm³/mol. The lowest BCUT2D eigenvalue weighted by Crippen LogP contribution is -2.68. The van der Waals surface area contributed by atoms with Crippen LogP contribution in [0, 0.1) is 45.3 Å². The number of aliphatic hydroxyl groups is 4. The van der Waals surface area contributed by atoms with Crippen LogP contribution in [0.3, 0.4) is 0 Å². The maximum Gasteiger partial charge on any atom is 0.475 e. The van der Waals surface area contributed by atoms with Gasteiger partial charge in [-0.05, 0) is 137 Å². The smallest absolute Gasteiger partial charge is 0.469 e. The van der Waals surface area contributed by atoms with E-state index in [4.69, 9.17) is 15.2 Å². The van der Waals surface area contributed by atoms with Gasteiger partial charge in [-0.1, -0.05) is 20.8 Å². The largest absolute Gasteiger partial charge is 0.475 e. The number of halogens is 2. The van der Waals surface area contributed by atoms with E-state index >= 15 is 8.78 Å². The highest BCUT2D eigenvalue weighted by atomic mass is 19.1. The molecule has 61 heavy (non-hydrogen) atoms. The second kappa shape index (κ2) is 14.5. The van der Waals surface area contributed by atoms with Crippen molar-refractivity contribution in [2.75, 3.05) is 20.8 Å². The first-order valence-electron chi connectivity index (χ1n) is 22.9. The molecule has 0 spiro atoms. The highest BCUT2D eigenvalue weighted by Crippen LogP contribution is 2.71. The minimum absolute atomic E-state index is 0.0768. The molecule has 1 amide bonds. The normalized spacial score (nSPS) is 50.5. The number of amides is 1. The van der Waals surface area contributed by atoms with Gasteiger partial charge in [0.05, 0.1) is 60.4 Å². The van der Waals surface area contributed by atoms with Crippen LogP contribution in [0.25, 0.3) is 0 Å². The lowest BCUT2D eigenvalue weighted by Gasteiger charge is -2.67. The molecule has 10 unspecified atom stereocenters. The fraction of sp³-hybridized carbons (Fsp3) is 0.933. The topological polar surface area (TPSA) is 220 Å². The molecule has 0 aromatic heterocycles. The number of nitrogens with two attached hydrogens (primary N) is 1. The summed E-state index contributed by atoms with van der Waals surface area (Å²) in [7, 11) is 1.20. The Labute approximate surface area is 359 Å². The molecular weight excluding hydrogens is 793 g/mol. The van der Waals surface area contributed by atoms with E-state index in [1.165, 1.54) is 19.1 Å². The maximum atomic E-state index is 15.2. The molecular formula is C45H71BF2N2O11. The van der Waals surface area contributed by atoms with E-state index < -0.39 is 63.7 Å². The van der Waals surface area contributed by atoms with Gasteiger partial charge in [0.1, 0.15) is 11.3 Å². The highest BCUT2D eigenvalue weighted by molar-refractivity contribution is 6.43. The number of likely N-dealkylation sites (tertiary alicyclic amines) is 1. The van der Waals surface area contributed by atoms with Crippen LogP contribution in [-0.2, 0) is 23.9 Å². The molecule has 0 aromatic rings. The monoisotopic (exact) mass is 865 g/mol. The van der Waals surface area contributed by atoms with Crippen LogP contribution in [-0.4, -0.2) is 127 Å². The molecule has 13 nitrogen and oxygen atoms in total. The quantitative estimate of drug-likeness (QED) is 0.144. The molecule has 13 aliphatic rings. The van der Waals surface area contributed by atoms with Gasteiger partial charge < -0.3 is 50.6 Å². The van der Waals surface area contributed by atoms with Gasteiger partial charge in [0.2, 0.25) is 5.91 Å². The number of nitrogens with zero attached hydrogens (tertiary/aromatic N) is 1. The Balaban J connectivity index is 0.000000128. The summed E-state index contributed by atoms with van der Waals surface area (Å²) >= 11 is 0. The van der Waals surface area contributed by atoms with Gasteiger partial charge in [0.15, 0.2) is 0 Å². The zero-order chi connectivity index (χ0) is 44.6. The molecule has 13 fully saturated rings. The van der Waals surface area contributed by atoms with Crippen molar-refractivity contribution in [3.63, 3.8) is 0 Å². The number of carbonyl (C=O) groups excluding carboxylic acids is 3. The van der Waals surface area contributed by atoms with Gasteiger partial charge >= 0.3 is 19.1 Å². The van der Waals surface area contributed by atoms with Gasteiger partial charge in [-0.2, -0.15) is 0 Å². The second-order valence-corrected chi connectivity index (χ2v) is 23.8. The molecule has 1 saturated heterocycles. The average Bonchev–Trinajstić information content (AvgIpc) is 3.59. The van der Waals surface area contributed by atoms with E-state index in [1.807, 2.05) is 13.8 Å². The number of ether oxygens (including phenoxy) is 2. The third-order valence-electron chi connectivity index (χ3n) is 18.1. The Bertz CT molecular complexity index is 1700. The SMILES string of the molecule is COC(=O)[C@@H](C)C12CC3(C)CC(O)(CC(F)(C3)C1)C2.COC(=O)[C@@H](C)C12CC3CC(O)(CC(O)(C3)C1)C2.N[C@H](C(=O)N1CCC[C@H]1B(O)O)C12CC3CC(O)(CC(F)(C3)C1)C2. The molecule has 13 rings (SSSR count). The number of methoxy groups -OCH3 is 2. The molecule has 12 aliphatic carbocycles. The minimum atomic E-state index is -1.59. The fourth-order valence-corrected chi connectivity index (χ4v) is 17.7. The van der Waals surface area contributed by atoms with E-state index in [-0.39, 0.29) is 65.7 Å². The predicted octanol–water partition coefficient (Wildman–Crippen LogP) is 3.59. The lowest BCUT2D eigenvalue weighted by atomic mass is 9.40. The number of esters is 2. The Morgan fingerprint density at radius 1 is 0.639 bits per heavy atom. The Morgan fingerprint density at radius 2 is 1.13 bits per heavy atom. The van der Waals surface area contributed by atoms with Crippen LogP contribution in [0.5, 0.6) is 0 Å². The minimum Gasteiger partial charge on any atom is -0.469 e. The van der Waals surface area contributed by atoms with Crippen molar-refractivity contribution >= 4 is 25.0 Å². The van der Waals surface area contributed by atoms with Crippen molar-refractivity contribution in [1.29, 1.82) is 0 Å². The zero-order valence-electron chi connectivity index (χ0n) is 36.9. The molecule has 1 aliphatic heterocycles. The third-order valence-corrected chi connectivity index (χ3v) is 18.1. The first-order chi connectivity index (χ1) is 28.1. The summed E-state index contributed by atoms with van der Waals surface area (Å²) < 4.78 is 39.9. The second-order valence-electron chi connectivity index (χ2n) is 23.8. The Kier molecular flexibility index (Phi) is 10.9.